The molecule has 0 saturated heterocycles. The van der Waals surface area contributed by atoms with Crippen LogP contribution in [0, 0.1) is 0 Å². The Morgan fingerprint density at radius 3 is 2.86 bits per heavy atom. The second kappa shape index (κ2) is 3.62. The molecule has 0 spiro atoms. The first-order valence-corrected chi connectivity index (χ1v) is 5.21. The zero-order chi connectivity index (χ0) is 10.1. The van der Waals surface area contributed by atoms with Crippen molar-refractivity contribution in [3.05, 3.63) is 29.8 Å². The average molecular weight is 190 g/mol. The third-order valence-electron chi connectivity index (χ3n) is 3.28. The van der Waals surface area contributed by atoms with Crippen LogP contribution >= 0.6 is 0 Å². The summed E-state index contributed by atoms with van der Waals surface area (Å²) < 4.78 is 0. The predicted octanol–water partition coefficient (Wildman–Crippen LogP) is 1.83. The van der Waals surface area contributed by atoms with Gasteiger partial charge < -0.3 is 10.2 Å². The molecule has 2 rings (SSSR count). The van der Waals surface area contributed by atoms with Gasteiger partial charge >= 0.3 is 0 Å². The first-order chi connectivity index (χ1) is 6.74. The highest BCUT2D eigenvalue weighted by Crippen LogP contribution is 2.36. The fourth-order valence-corrected chi connectivity index (χ4v) is 2.27. The van der Waals surface area contributed by atoms with Gasteiger partial charge in [-0.15, -0.1) is 0 Å². The molecule has 0 fully saturated rings. The van der Waals surface area contributed by atoms with E-state index in [0.29, 0.717) is 12.0 Å². The summed E-state index contributed by atoms with van der Waals surface area (Å²) in [6.45, 7) is 3.38. The van der Waals surface area contributed by atoms with Gasteiger partial charge in [0.1, 0.15) is 0 Å². The fraction of sp³-hybridized carbons (Fsp3) is 0.500. The lowest BCUT2D eigenvalue weighted by Crippen LogP contribution is -2.31. The molecule has 2 heteroatoms. The summed E-state index contributed by atoms with van der Waals surface area (Å²) in [5.41, 5.74) is 2.87. The highest BCUT2D eigenvalue weighted by Gasteiger charge is 2.29. The topological polar surface area (TPSA) is 15.3 Å². The monoisotopic (exact) mass is 190 g/mol. The Labute approximate surface area is 85.9 Å². The van der Waals surface area contributed by atoms with Crippen LogP contribution in [0.15, 0.2) is 24.3 Å². The van der Waals surface area contributed by atoms with E-state index in [0.717, 1.165) is 6.54 Å². The van der Waals surface area contributed by atoms with Crippen LogP contribution in [0.3, 0.4) is 0 Å². The van der Waals surface area contributed by atoms with E-state index in [9.17, 15) is 0 Å². The van der Waals surface area contributed by atoms with Crippen LogP contribution in [-0.4, -0.2) is 26.7 Å². The number of para-hydroxylation sites is 1. The quantitative estimate of drug-likeness (QED) is 0.765. The molecular formula is C12H18N2. The first kappa shape index (κ1) is 9.53. The molecule has 0 amide bonds. The summed E-state index contributed by atoms with van der Waals surface area (Å²) in [4.78, 5) is 2.34. The second-order valence-electron chi connectivity index (χ2n) is 4.12. The van der Waals surface area contributed by atoms with Crippen molar-refractivity contribution < 1.29 is 0 Å². The maximum atomic E-state index is 3.34. The van der Waals surface area contributed by atoms with Crippen LogP contribution in [-0.2, 0) is 0 Å². The molecule has 0 bridgehead atoms. The lowest BCUT2D eigenvalue weighted by molar-refractivity contribution is 0.513. The number of anilines is 1. The van der Waals surface area contributed by atoms with Gasteiger partial charge in [-0.1, -0.05) is 18.2 Å². The zero-order valence-electron chi connectivity index (χ0n) is 9.12. The van der Waals surface area contributed by atoms with Gasteiger partial charge in [-0.25, -0.2) is 0 Å². The van der Waals surface area contributed by atoms with Gasteiger partial charge in [-0.3, -0.25) is 0 Å². The van der Waals surface area contributed by atoms with E-state index in [-0.39, 0.29) is 0 Å². The number of fused-ring (bicyclic) bond motifs is 1. The molecule has 0 aliphatic carbocycles. The van der Waals surface area contributed by atoms with Gasteiger partial charge in [0.25, 0.3) is 0 Å². The van der Waals surface area contributed by atoms with Crippen LogP contribution in [0.1, 0.15) is 18.4 Å². The number of nitrogens with one attached hydrogen (secondary N) is 1. The normalized spacial score (nSPS) is 22.2. The molecule has 0 aromatic heterocycles. The Kier molecular flexibility index (Phi) is 2.46. The van der Waals surface area contributed by atoms with Crippen molar-refractivity contribution in [3.8, 4) is 0 Å². The minimum Gasteiger partial charge on any atom is -0.374 e. The molecule has 1 aliphatic rings. The van der Waals surface area contributed by atoms with E-state index in [4.69, 9.17) is 0 Å². The molecule has 2 unspecified atom stereocenters. The highest BCUT2D eigenvalue weighted by molar-refractivity contribution is 5.59. The highest BCUT2D eigenvalue weighted by atomic mass is 15.1. The summed E-state index contributed by atoms with van der Waals surface area (Å²) in [5, 5.41) is 3.34. The summed E-state index contributed by atoms with van der Waals surface area (Å²) in [6.07, 6.45) is 0. The van der Waals surface area contributed by atoms with Crippen molar-refractivity contribution in [1.82, 2.24) is 5.32 Å². The Hall–Kier alpha value is -1.02. The molecule has 1 heterocycles. The van der Waals surface area contributed by atoms with Crippen LogP contribution < -0.4 is 10.2 Å². The van der Waals surface area contributed by atoms with Gasteiger partial charge in [-0.05, 0) is 25.6 Å². The number of rotatable bonds is 2. The molecule has 0 saturated carbocycles. The maximum absolute atomic E-state index is 3.34. The number of hydrogen-bond donors (Lipinski definition) is 1. The lowest BCUT2D eigenvalue weighted by atomic mass is 9.95. The minimum absolute atomic E-state index is 0.543. The van der Waals surface area contributed by atoms with Gasteiger partial charge in [0.15, 0.2) is 0 Å². The largest absolute Gasteiger partial charge is 0.374 e. The number of hydrogen-bond acceptors (Lipinski definition) is 2. The molecule has 2 nitrogen and oxygen atoms in total. The second-order valence-corrected chi connectivity index (χ2v) is 4.12. The van der Waals surface area contributed by atoms with Crippen molar-refractivity contribution in [3.63, 3.8) is 0 Å². The minimum atomic E-state index is 0.543. The summed E-state index contributed by atoms with van der Waals surface area (Å²) in [5.74, 6) is 0.626. The summed E-state index contributed by atoms with van der Waals surface area (Å²) in [6, 6.07) is 9.24. The standard InChI is InChI=1S/C12H18N2/c1-9(13-2)11-8-14(3)12-7-5-4-6-10(11)12/h4-7,9,11,13H,8H2,1-3H3. The smallest absolute Gasteiger partial charge is 0.0400 e. The maximum Gasteiger partial charge on any atom is 0.0400 e. The molecule has 76 valence electrons. The fourth-order valence-electron chi connectivity index (χ4n) is 2.27. The van der Waals surface area contributed by atoms with Crippen molar-refractivity contribution >= 4 is 5.69 Å². The SMILES string of the molecule is CNC(C)C1CN(C)c2ccccc21. The molecule has 0 radical (unpaired) electrons. The lowest BCUT2D eigenvalue weighted by Gasteiger charge is -2.19. The van der Waals surface area contributed by atoms with Gasteiger partial charge in [-0.2, -0.15) is 0 Å². The van der Waals surface area contributed by atoms with Gasteiger partial charge in [0, 0.05) is 31.2 Å². The van der Waals surface area contributed by atoms with Gasteiger partial charge in [0.2, 0.25) is 0 Å². The molecule has 14 heavy (non-hydrogen) atoms. The van der Waals surface area contributed by atoms with Gasteiger partial charge in [0.05, 0.1) is 0 Å². The van der Waals surface area contributed by atoms with Crippen molar-refractivity contribution in [2.45, 2.75) is 18.9 Å². The Morgan fingerprint density at radius 1 is 1.43 bits per heavy atom. The molecular weight excluding hydrogens is 172 g/mol. The number of nitrogens with zero attached hydrogens (tertiary/aromatic N) is 1. The van der Waals surface area contributed by atoms with Crippen LogP contribution in [0.2, 0.25) is 0 Å². The third-order valence-corrected chi connectivity index (χ3v) is 3.28. The number of benzene rings is 1. The molecule has 1 N–H and O–H groups in total. The Morgan fingerprint density at radius 2 is 2.14 bits per heavy atom. The van der Waals surface area contributed by atoms with Crippen LogP contribution in [0.5, 0.6) is 0 Å². The first-order valence-electron chi connectivity index (χ1n) is 5.21. The van der Waals surface area contributed by atoms with E-state index >= 15 is 0 Å². The average Bonchev–Trinajstić information content (AvgIpc) is 2.56. The van der Waals surface area contributed by atoms with E-state index < -0.39 is 0 Å². The molecule has 1 aromatic carbocycles. The molecule has 2 atom stereocenters. The van der Waals surface area contributed by atoms with Crippen molar-refractivity contribution in [1.29, 1.82) is 0 Å². The molecule has 1 aliphatic heterocycles. The van der Waals surface area contributed by atoms with E-state index in [1.54, 1.807) is 0 Å². The van der Waals surface area contributed by atoms with E-state index in [1.807, 2.05) is 7.05 Å². The van der Waals surface area contributed by atoms with E-state index in [1.165, 1.54) is 11.3 Å². The van der Waals surface area contributed by atoms with Crippen molar-refractivity contribution in [2.75, 3.05) is 25.5 Å². The summed E-state index contributed by atoms with van der Waals surface area (Å²) in [7, 11) is 4.20. The Bertz CT molecular complexity index is 322. The van der Waals surface area contributed by atoms with E-state index in [2.05, 4.69) is 48.5 Å². The Balaban J connectivity index is 2.34. The van der Waals surface area contributed by atoms with Crippen LogP contribution in [0.25, 0.3) is 0 Å². The van der Waals surface area contributed by atoms with Crippen LogP contribution in [0.4, 0.5) is 5.69 Å². The third kappa shape index (κ3) is 1.40. The predicted molar refractivity (Wildman–Crippen MR) is 61.0 cm³/mol. The zero-order valence-corrected chi connectivity index (χ0v) is 9.12. The molecule has 1 aromatic rings. The van der Waals surface area contributed by atoms with Crippen molar-refractivity contribution in [2.24, 2.45) is 0 Å². The summed E-state index contributed by atoms with van der Waals surface area (Å²) >= 11 is 0. The number of likely N-dealkylation sites (N-methyl/N-ethyl adjacent to an activating group) is 2.